The van der Waals surface area contributed by atoms with Gasteiger partial charge >= 0.3 is 41.8 Å². The molecular formula is C16H17F15O2. The van der Waals surface area contributed by atoms with Crippen LogP contribution in [0.2, 0.25) is 0 Å². The second-order valence-electron chi connectivity index (χ2n) is 7.66. The van der Waals surface area contributed by atoms with Gasteiger partial charge in [0.05, 0.1) is 18.4 Å². The van der Waals surface area contributed by atoms with E-state index in [1.54, 1.807) is 0 Å². The topological polar surface area (TPSA) is 26.3 Å². The first-order valence-corrected chi connectivity index (χ1v) is 8.65. The summed E-state index contributed by atoms with van der Waals surface area (Å²) in [6.45, 7) is 2.55. The number of halogens is 15. The summed E-state index contributed by atoms with van der Waals surface area (Å²) in [5.74, 6) is -45.3. The minimum Gasteiger partial charge on any atom is -0.465 e. The van der Waals surface area contributed by atoms with Crippen LogP contribution in [0.15, 0.2) is 0 Å². The molecule has 2 nitrogen and oxygen atoms in total. The average molecular weight is 526 g/mol. The van der Waals surface area contributed by atoms with Crippen LogP contribution < -0.4 is 0 Å². The Labute approximate surface area is 176 Å². The van der Waals surface area contributed by atoms with Gasteiger partial charge in [0.2, 0.25) is 0 Å². The van der Waals surface area contributed by atoms with E-state index in [0.717, 1.165) is 0 Å². The van der Waals surface area contributed by atoms with E-state index in [0.29, 0.717) is 0 Å². The summed E-state index contributed by atoms with van der Waals surface area (Å²) in [6.07, 6.45) is -13.2. The molecule has 0 aromatic carbocycles. The Morgan fingerprint density at radius 2 is 1.06 bits per heavy atom. The zero-order chi connectivity index (χ0) is 27.1. The normalized spacial score (nSPS) is 15.6. The van der Waals surface area contributed by atoms with Crippen molar-refractivity contribution in [3.05, 3.63) is 0 Å². The van der Waals surface area contributed by atoms with E-state index >= 15 is 0 Å². The van der Waals surface area contributed by atoms with Crippen molar-refractivity contribution in [2.45, 2.75) is 81.7 Å². The van der Waals surface area contributed by atoms with Gasteiger partial charge in [-0.05, 0) is 20.3 Å². The van der Waals surface area contributed by atoms with Crippen LogP contribution >= 0.6 is 0 Å². The molecule has 0 rings (SSSR count). The molecule has 0 saturated heterocycles. The molecule has 0 amide bonds. The minimum atomic E-state index is -8.16. The number of rotatable bonds is 11. The molecule has 0 atom stereocenters. The summed E-state index contributed by atoms with van der Waals surface area (Å²) >= 11 is 0. The molecular weight excluding hydrogens is 509 g/mol. The van der Waals surface area contributed by atoms with E-state index in [9.17, 15) is 70.7 Å². The molecule has 0 spiro atoms. The fourth-order valence-corrected chi connectivity index (χ4v) is 1.96. The highest BCUT2D eigenvalue weighted by Crippen LogP contribution is 2.61. The quantitative estimate of drug-likeness (QED) is 0.212. The van der Waals surface area contributed by atoms with Crippen LogP contribution in [0.1, 0.15) is 40.0 Å². The number of hydrogen-bond acceptors (Lipinski definition) is 2. The van der Waals surface area contributed by atoms with Crippen LogP contribution in [0.3, 0.4) is 0 Å². The molecule has 33 heavy (non-hydrogen) atoms. The van der Waals surface area contributed by atoms with Gasteiger partial charge in [-0.15, -0.1) is 0 Å². The number of hydrogen-bond donors (Lipinski definition) is 0. The lowest BCUT2D eigenvalue weighted by molar-refractivity contribution is -0.442. The summed E-state index contributed by atoms with van der Waals surface area (Å²) in [5.41, 5.74) is -1.26. The standard InChI is InChI=1S/C16H17F15O2/c1-4-9(2,3)8(32)33-6-5-10(17,18)7-11(19,20)12(21,22)13(23,24)14(25,26)15(27,28)16(29,30)31/h4-7H2,1-3H3. The lowest BCUT2D eigenvalue weighted by Gasteiger charge is -2.40. The molecule has 0 bridgehead atoms. The first-order chi connectivity index (χ1) is 14.1. The van der Waals surface area contributed by atoms with Crippen LogP contribution in [0.25, 0.3) is 0 Å². The van der Waals surface area contributed by atoms with Crippen LogP contribution in [-0.2, 0) is 9.53 Å². The third-order valence-electron chi connectivity index (χ3n) is 4.62. The van der Waals surface area contributed by atoms with Crippen molar-refractivity contribution in [2.24, 2.45) is 5.41 Å². The third-order valence-corrected chi connectivity index (χ3v) is 4.62. The fourth-order valence-electron chi connectivity index (χ4n) is 1.96. The van der Waals surface area contributed by atoms with Crippen LogP contribution in [0.4, 0.5) is 65.9 Å². The van der Waals surface area contributed by atoms with Gasteiger partial charge in [0.15, 0.2) is 0 Å². The van der Waals surface area contributed by atoms with E-state index < -0.39 is 72.5 Å². The fraction of sp³-hybridized carbons (Fsp3) is 0.938. The Morgan fingerprint density at radius 3 is 1.42 bits per heavy atom. The van der Waals surface area contributed by atoms with Gasteiger partial charge in [0.1, 0.15) is 0 Å². The summed E-state index contributed by atoms with van der Waals surface area (Å²) in [4.78, 5) is 11.6. The second kappa shape index (κ2) is 8.89. The summed E-state index contributed by atoms with van der Waals surface area (Å²) in [5, 5.41) is 0. The van der Waals surface area contributed by atoms with Crippen molar-refractivity contribution in [2.75, 3.05) is 6.61 Å². The highest BCUT2D eigenvalue weighted by atomic mass is 19.4. The Kier molecular flexibility index (Phi) is 8.46. The summed E-state index contributed by atoms with van der Waals surface area (Å²) < 4.78 is 200. The number of alkyl halides is 15. The highest BCUT2D eigenvalue weighted by Gasteiger charge is 2.90. The van der Waals surface area contributed by atoms with E-state index in [2.05, 4.69) is 4.74 Å². The number of carbonyl (C=O) groups is 1. The molecule has 0 fully saturated rings. The monoisotopic (exact) mass is 526 g/mol. The molecule has 0 unspecified atom stereocenters. The molecule has 17 heteroatoms. The second-order valence-corrected chi connectivity index (χ2v) is 7.66. The Balaban J connectivity index is 5.79. The highest BCUT2D eigenvalue weighted by molar-refractivity contribution is 5.75. The number of ether oxygens (including phenoxy) is 1. The molecule has 0 heterocycles. The lowest BCUT2D eigenvalue weighted by Crippen LogP contribution is -2.70. The van der Waals surface area contributed by atoms with Crippen molar-refractivity contribution in [3.8, 4) is 0 Å². The lowest BCUT2D eigenvalue weighted by atomic mass is 9.90. The summed E-state index contributed by atoms with van der Waals surface area (Å²) in [6, 6.07) is 0. The first-order valence-electron chi connectivity index (χ1n) is 8.65. The van der Waals surface area contributed by atoms with Gasteiger partial charge in [-0.1, -0.05) is 6.92 Å². The van der Waals surface area contributed by atoms with Gasteiger partial charge < -0.3 is 4.74 Å². The molecule has 0 aliphatic heterocycles. The van der Waals surface area contributed by atoms with E-state index in [-0.39, 0.29) is 6.42 Å². The van der Waals surface area contributed by atoms with Gasteiger partial charge in [-0.3, -0.25) is 4.79 Å². The number of carbonyl (C=O) groups excluding carboxylic acids is 1. The van der Waals surface area contributed by atoms with Crippen LogP contribution in [0.5, 0.6) is 0 Å². The maximum Gasteiger partial charge on any atom is 0.460 e. The van der Waals surface area contributed by atoms with Crippen LogP contribution in [-0.4, -0.2) is 54.3 Å². The molecule has 198 valence electrons. The van der Waals surface area contributed by atoms with Gasteiger partial charge in [-0.2, -0.15) is 57.1 Å². The molecule has 0 N–H and O–H groups in total. The van der Waals surface area contributed by atoms with Crippen molar-refractivity contribution in [3.63, 3.8) is 0 Å². The van der Waals surface area contributed by atoms with Gasteiger partial charge in [-0.25, -0.2) is 8.78 Å². The van der Waals surface area contributed by atoms with Gasteiger partial charge in [0.25, 0.3) is 5.92 Å². The van der Waals surface area contributed by atoms with Gasteiger partial charge in [0, 0.05) is 6.42 Å². The molecule has 0 radical (unpaired) electrons. The van der Waals surface area contributed by atoms with E-state index in [1.165, 1.54) is 20.8 Å². The number of esters is 1. The molecule has 0 aliphatic rings. The third kappa shape index (κ3) is 5.74. The molecule has 0 aromatic rings. The molecule has 0 aromatic heterocycles. The SMILES string of the molecule is CCC(C)(C)C(=O)OCCC(F)(F)CC(F)(F)C(F)(F)C(F)(F)C(F)(F)C(F)(F)C(F)(F)F. The minimum absolute atomic E-state index is 0.0956. The molecule has 0 saturated carbocycles. The largest absolute Gasteiger partial charge is 0.465 e. The zero-order valence-electron chi connectivity index (χ0n) is 16.8. The first kappa shape index (κ1) is 31.4. The predicted molar refractivity (Wildman–Crippen MR) is 80.0 cm³/mol. The smallest absolute Gasteiger partial charge is 0.460 e. The van der Waals surface area contributed by atoms with Crippen molar-refractivity contribution in [1.29, 1.82) is 0 Å². The van der Waals surface area contributed by atoms with Crippen molar-refractivity contribution >= 4 is 5.97 Å². The predicted octanol–water partition coefficient (Wildman–Crippen LogP) is 7.12. The Morgan fingerprint density at radius 1 is 0.667 bits per heavy atom. The Bertz CT molecular complexity index is 695. The maximum atomic E-state index is 13.6. The van der Waals surface area contributed by atoms with E-state index in [1.807, 2.05) is 0 Å². The van der Waals surface area contributed by atoms with Crippen LogP contribution in [0, 0.1) is 5.41 Å². The molecule has 0 aliphatic carbocycles. The Hall–Kier alpha value is -1.58. The van der Waals surface area contributed by atoms with E-state index in [4.69, 9.17) is 0 Å². The van der Waals surface area contributed by atoms with Crippen molar-refractivity contribution < 1.29 is 75.4 Å². The van der Waals surface area contributed by atoms with Crippen molar-refractivity contribution in [1.82, 2.24) is 0 Å². The maximum absolute atomic E-state index is 13.6. The average Bonchev–Trinajstić information content (AvgIpc) is 2.58. The summed E-state index contributed by atoms with van der Waals surface area (Å²) in [7, 11) is 0. The zero-order valence-corrected chi connectivity index (χ0v) is 16.8.